The average Bonchev–Trinajstić information content (AvgIpc) is 2.60. The quantitative estimate of drug-likeness (QED) is 0.503. The van der Waals surface area contributed by atoms with Gasteiger partial charge in [-0.05, 0) is 12.8 Å². The third-order valence-electron chi connectivity index (χ3n) is 2.34. The van der Waals surface area contributed by atoms with Gasteiger partial charge in [-0.2, -0.15) is 11.3 Å². The zero-order valence-corrected chi connectivity index (χ0v) is 9.83. The van der Waals surface area contributed by atoms with Crippen molar-refractivity contribution in [1.82, 2.24) is 0 Å². The van der Waals surface area contributed by atoms with E-state index < -0.39 is 6.75 Å². The molecule has 3 nitrogen and oxygen atoms in total. The fraction of sp³-hybridized carbons (Fsp3) is 0.600. The van der Waals surface area contributed by atoms with Gasteiger partial charge in [-0.3, -0.25) is 0 Å². The van der Waals surface area contributed by atoms with Crippen molar-refractivity contribution in [2.75, 3.05) is 0 Å². The molecule has 0 spiro atoms. The number of thiophene rings is 1. The Hall–Kier alpha value is -0.355. The first-order valence-corrected chi connectivity index (χ1v) is 6.26. The maximum atomic E-state index is 9.00. The van der Waals surface area contributed by atoms with E-state index in [1.807, 2.05) is 6.07 Å². The maximum absolute atomic E-state index is 9.00. The van der Waals surface area contributed by atoms with Gasteiger partial charge in [0.2, 0.25) is 0 Å². The van der Waals surface area contributed by atoms with Gasteiger partial charge >= 0.3 is 6.75 Å². The van der Waals surface area contributed by atoms with Crippen molar-refractivity contribution in [3.05, 3.63) is 17.0 Å². The smallest absolute Gasteiger partial charge is 0.412 e. The minimum atomic E-state index is -3.29. The molecule has 1 heterocycles. The van der Waals surface area contributed by atoms with Crippen LogP contribution >= 0.6 is 11.3 Å². The molecule has 0 aliphatic heterocycles. The van der Waals surface area contributed by atoms with E-state index in [9.17, 15) is 0 Å². The van der Waals surface area contributed by atoms with Crippen LogP contribution in [0.4, 0.5) is 0 Å². The lowest BCUT2D eigenvalue weighted by atomic mass is 9.79. The van der Waals surface area contributed by atoms with Crippen LogP contribution in [-0.2, 0) is 6.42 Å². The molecule has 15 heavy (non-hydrogen) atoms. The molecular weight excluding hydrogens is 211 g/mol. The molecule has 0 atom stereocenters. The van der Waals surface area contributed by atoms with E-state index in [-0.39, 0.29) is 4.78 Å². The highest BCUT2D eigenvalue weighted by Crippen LogP contribution is 2.13. The minimum absolute atomic E-state index is 0.250. The molecule has 0 aromatic carbocycles. The van der Waals surface area contributed by atoms with Gasteiger partial charge in [0.25, 0.3) is 0 Å². The van der Waals surface area contributed by atoms with Crippen LogP contribution in [0.5, 0.6) is 0 Å². The number of hydrogen-bond acceptors (Lipinski definition) is 4. The number of aryl methyl sites for hydroxylation is 1. The Morgan fingerprint density at radius 2 is 1.87 bits per heavy atom. The van der Waals surface area contributed by atoms with Crippen molar-refractivity contribution in [2.24, 2.45) is 0 Å². The van der Waals surface area contributed by atoms with Crippen molar-refractivity contribution < 1.29 is 15.1 Å². The molecule has 0 unspecified atom stereocenters. The summed E-state index contributed by atoms with van der Waals surface area (Å²) in [5, 5.41) is 27.0. The molecule has 0 bridgehead atoms. The first kappa shape index (κ1) is 12.7. The van der Waals surface area contributed by atoms with E-state index in [1.54, 1.807) is 6.07 Å². The van der Waals surface area contributed by atoms with E-state index in [4.69, 9.17) is 15.1 Å². The fourth-order valence-electron chi connectivity index (χ4n) is 1.46. The molecule has 0 aliphatic carbocycles. The second kappa shape index (κ2) is 5.65. The van der Waals surface area contributed by atoms with Crippen molar-refractivity contribution >= 4 is 22.9 Å². The molecule has 1 rings (SSSR count). The summed E-state index contributed by atoms with van der Waals surface area (Å²) in [6.07, 6.45) is 5.74. The summed E-state index contributed by atoms with van der Waals surface area (Å²) < 4.78 is 0.250. The highest BCUT2D eigenvalue weighted by atomic mass is 32.1. The lowest BCUT2D eigenvalue weighted by molar-refractivity contribution is 0.251. The van der Waals surface area contributed by atoms with Gasteiger partial charge in [-0.1, -0.05) is 43.1 Å². The zero-order chi connectivity index (χ0) is 11.3. The summed E-state index contributed by atoms with van der Waals surface area (Å²) in [7, 11) is 0. The maximum Gasteiger partial charge on any atom is 0.412 e. The summed E-state index contributed by atoms with van der Waals surface area (Å²) in [6, 6.07) is 3.44. The standard InChI is InChI=1S/C10H18BO3S/c1-2-3-4-5-6-9-7-8-10(15-9)11(12,13)14/h7-8,12-14H,2-6H2,1H3/q-1. The second-order valence-corrected chi connectivity index (χ2v) is 5.05. The highest BCUT2D eigenvalue weighted by molar-refractivity contribution is 7.23. The van der Waals surface area contributed by atoms with E-state index in [0.29, 0.717) is 0 Å². The van der Waals surface area contributed by atoms with E-state index >= 15 is 0 Å². The molecule has 1 aromatic heterocycles. The molecule has 5 heteroatoms. The van der Waals surface area contributed by atoms with Gasteiger partial charge in [0.15, 0.2) is 0 Å². The zero-order valence-electron chi connectivity index (χ0n) is 9.02. The number of hydrogen-bond donors (Lipinski definition) is 3. The monoisotopic (exact) mass is 229 g/mol. The Bertz CT molecular complexity index is 293. The lowest BCUT2D eigenvalue weighted by Crippen LogP contribution is -2.46. The molecule has 1 aromatic rings. The summed E-state index contributed by atoms with van der Waals surface area (Å²) in [5.74, 6) is 0. The molecule has 0 saturated carbocycles. The molecule has 0 aliphatic rings. The predicted octanol–water partition coefficient (Wildman–Crippen LogP) is 0.994. The van der Waals surface area contributed by atoms with Crippen molar-refractivity contribution in [3.8, 4) is 0 Å². The third kappa shape index (κ3) is 4.34. The van der Waals surface area contributed by atoms with Crippen molar-refractivity contribution in [3.63, 3.8) is 0 Å². The predicted molar refractivity (Wildman–Crippen MR) is 64.2 cm³/mol. The van der Waals surface area contributed by atoms with Crippen molar-refractivity contribution in [2.45, 2.75) is 39.0 Å². The largest absolute Gasteiger partial charge is 0.555 e. The average molecular weight is 229 g/mol. The van der Waals surface area contributed by atoms with Crippen LogP contribution in [-0.4, -0.2) is 21.8 Å². The van der Waals surface area contributed by atoms with E-state index in [1.165, 1.54) is 30.6 Å². The first-order chi connectivity index (χ1) is 7.04. The Labute approximate surface area is 94.4 Å². The van der Waals surface area contributed by atoms with Crippen LogP contribution in [0.3, 0.4) is 0 Å². The van der Waals surface area contributed by atoms with Crippen LogP contribution in [0.1, 0.15) is 37.5 Å². The van der Waals surface area contributed by atoms with E-state index in [0.717, 1.165) is 17.7 Å². The highest BCUT2D eigenvalue weighted by Gasteiger charge is 2.19. The van der Waals surface area contributed by atoms with Crippen LogP contribution < -0.4 is 4.78 Å². The minimum Gasteiger partial charge on any atom is -0.555 e. The topological polar surface area (TPSA) is 60.7 Å². The molecule has 0 fully saturated rings. The number of unbranched alkanes of at least 4 members (excludes halogenated alkanes) is 3. The molecule has 3 N–H and O–H groups in total. The van der Waals surface area contributed by atoms with Crippen LogP contribution in [0.2, 0.25) is 0 Å². The van der Waals surface area contributed by atoms with Crippen molar-refractivity contribution in [1.29, 1.82) is 0 Å². The lowest BCUT2D eigenvalue weighted by Gasteiger charge is -2.17. The van der Waals surface area contributed by atoms with Crippen LogP contribution in [0.15, 0.2) is 12.1 Å². The normalized spacial score (nSPS) is 12.0. The van der Waals surface area contributed by atoms with Gasteiger partial charge in [0, 0.05) is 4.88 Å². The summed E-state index contributed by atoms with van der Waals surface area (Å²) in [6.45, 7) is -1.12. The Morgan fingerprint density at radius 3 is 2.40 bits per heavy atom. The van der Waals surface area contributed by atoms with Gasteiger partial charge < -0.3 is 15.1 Å². The number of rotatable bonds is 6. The molecule has 0 amide bonds. The third-order valence-corrected chi connectivity index (χ3v) is 3.63. The van der Waals surface area contributed by atoms with Crippen LogP contribution in [0.25, 0.3) is 0 Å². The summed E-state index contributed by atoms with van der Waals surface area (Å²) in [4.78, 5) is 1.10. The second-order valence-electron chi connectivity index (χ2n) is 3.85. The van der Waals surface area contributed by atoms with E-state index in [2.05, 4.69) is 6.92 Å². The SMILES string of the molecule is CCCCCCc1ccc([B-](O)(O)O)s1. The summed E-state index contributed by atoms with van der Waals surface area (Å²) >= 11 is 1.28. The molecule has 0 radical (unpaired) electrons. The Morgan fingerprint density at radius 1 is 1.13 bits per heavy atom. The van der Waals surface area contributed by atoms with Gasteiger partial charge in [0.05, 0.1) is 0 Å². The Balaban J connectivity index is 2.40. The molecule has 0 saturated heterocycles. The Kier molecular flexibility index (Phi) is 4.79. The van der Waals surface area contributed by atoms with Crippen LogP contribution in [0, 0.1) is 0 Å². The van der Waals surface area contributed by atoms with Gasteiger partial charge in [0.1, 0.15) is 0 Å². The first-order valence-electron chi connectivity index (χ1n) is 5.44. The van der Waals surface area contributed by atoms with Gasteiger partial charge in [-0.25, -0.2) is 0 Å². The molecule has 86 valence electrons. The summed E-state index contributed by atoms with van der Waals surface area (Å²) in [5.41, 5.74) is 0. The van der Waals surface area contributed by atoms with Gasteiger partial charge in [-0.15, -0.1) is 0 Å². The fourth-order valence-corrected chi connectivity index (χ4v) is 2.44. The molecular formula is C10H18BO3S-.